The van der Waals surface area contributed by atoms with Crippen LogP contribution in [0.1, 0.15) is 39.2 Å². The number of benzene rings is 1. The van der Waals surface area contributed by atoms with Gasteiger partial charge in [-0.15, -0.1) is 0 Å². The Morgan fingerprint density at radius 3 is 2.46 bits per heavy atom. The van der Waals surface area contributed by atoms with Crippen LogP contribution < -0.4 is 15.2 Å². The Bertz CT molecular complexity index is 734. The summed E-state index contributed by atoms with van der Waals surface area (Å²) in [4.78, 5) is 4.03. The minimum Gasteiger partial charge on any atom is -0.491 e. The number of rotatable bonds is 8. The maximum absolute atomic E-state index is 13.6. The van der Waals surface area contributed by atoms with E-state index in [1.54, 1.807) is 30.5 Å². The Morgan fingerprint density at radius 1 is 1.15 bits per heavy atom. The highest BCUT2D eigenvalue weighted by Crippen LogP contribution is 2.34. The number of pyridine rings is 1. The molecule has 1 aromatic heterocycles. The fourth-order valence-electron chi connectivity index (χ4n) is 2.96. The lowest BCUT2D eigenvalue weighted by atomic mass is 9.93. The average molecular weight is 364 g/mol. The smallest absolute Gasteiger partial charge is 0.267 e. The zero-order valence-electron chi connectivity index (χ0n) is 15.6. The Labute approximate surface area is 153 Å². The molecule has 0 radical (unpaired) electrons. The van der Waals surface area contributed by atoms with Gasteiger partial charge in [0.15, 0.2) is 0 Å². The van der Waals surface area contributed by atoms with Gasteiger partial charge in [0.1, 0.15) is 12.4 Å². The Morgan fingerprint density at radius 2 is 1.85 bits per heavy atom. The summed E-state index contributed by atoms with van der Waals surface area (Å²) in [7, 11) is 1.51. The van der Waals surface area contributed by atoms with E-state index in [-0.39, 0.29) is 17.9 Å². The van der Waals surface area contributed by atoms with E-state index in [1.165, 1.54) is 13.2 Å². The molecule has 0 aliphatic heterocycles. The molecule has 0 unspecified atom stereocenters. The van der Waals surface area contributed by atoms with Crippen molar-refractivity contribution in [2.75, 3.05) is 13.7 Å². The van der Waals surface area contributed by atoms with Crippen molar-refractivity contribution < 1.29 is 18.3 Å². The van der Waals surface area contributed by atoms with Crippen molar-refractivity contribution >= 4 is 0 Å². The molecule has 2 N–H and O–H groups in total. The summed E-state index contributed by atoms with van der Waals surface area (Å²) in [5.41, 5.74) is 6.87. The van der Waals surface area contributed by atoms with Crippen molar-refractivity contribution in [2.24, 2.45) is 11.7 Å². The van der Waals surface area contributed by atoms with Crippen molar-refractivity contribution in [1.29, 1.82) is 0 Å². The monoisotopic (exact) mass is 364 g/mol. The lowest BCUT2D eigenvalue weighted by Gasteiger charge is -2.27. The highest BCUT2D eigenvalue weighted by Gasteiger charge is 2.23. The second-order valence-electron chi connectivity index (χ2n) is 7.18. The van der Waals surface area contributed by atoms with Crippen LogP contribution in [0.4, 0.5) is 8.78 Å². The van der Waals surface area contributed by atoms with Crippen LogP contribution in [-0.2, 0) is 0 Å². The summed E-state index contributed by atoms with van der Waals surface area (Å²) in [6, 6.07) is 8.18. The predicted molar refractivity (Wildman–Crippen MR) is 98.7 cm³/mol. The molecule has 4 nitrogen and oxygen atoms in total. The number of alkyl halides is 2. The summed E-state index contributed by atoms with van der Waals surface area (Å²) < 4.78 is 37.8. The fourth-order valence-corrected chi connectivity index (χ4v) is 2.96. The number of hydrogen-bond donors (Lipinski definition) is 1. The van der Waals surface area contributed by atoms with Crippen LogP contribution in [0, 0.1) is 5.92 Å². The summed E-state index contributed by atoms with van der Waals surface area (Å²) in [5, 5.41) is 0. The molecular weight excluding hydrogens is 338 g/mol. The molecule has 1 heterocycles. The Kier molecular flexibility index (Phi) is 6.53. The summed E-state index contributed by atoms with van der Waals surface area (Å²) in [6.45, 7) is 6.17. The molecule has 0 aliphatic rings. The Hall–Kier alpha value is -2.21. The normalized spacial score (nSPS) is 13.7. The van der Waals surface area contributed by atoms with Crippen molar-refractivity contribution in [3.05, 3.63) is 42.1 Å². The molecule has 2 rings (SSSR count). The van der Waals surface area contributed by atoms with Crippen LogP contribution >= 0.6 is 0 Å². The summed E-state index contributed by atoms with van der Waals surface area (Å²) >= 11 is 0. The van der Waals surface area contributed by atoms with Crippen LogP contribution in [-0.4, -0.2) is 24.2 Å². The number of aromatic nitrogens is 1. The standard InChI is InChI=1S/C20H26F2N2O2/c1-13(2)11-20(3,23)12-26-17-6-5-14(9-16(17)19(21)22)15-7-8-24-18(10-15)25-4/h5-10,13,19H,11-12,23H2,1-4H3/t20-/m0/s1. The molecule has 0 spiro atoms. The molecular formula is C20H26F2N2O2. The van der Waals surface area contributed by atoms with Crippen LogP contribution in [0.15, 0.2) is 36.5 Å². The summed E-state index contributed by atoms with van der Waals surface area (Å²) in [6.07, 6.45) is -0.332. The van der Waals surface area contributed by atoms with E-state index < -0.39 is 12.0 Å². The number of ether oxygens (including phenoxy) is 2. The number of hydrogen-bond acceptors (Lipinski definition) is 4. The maximum atomic E-state index is 13.6. The number of methoxy groups -OCH3 is 1. The second-order valence-corrected chi connectivity index (χ2v) is 7.18. The first-order valence-corrected chi connectivity index (χ1v) is 8.56. The first kappa shape index (κ1) is 20.1. The highest BCUT2D eigenvalue weighted by atomic mass is 19.3. The third-order valence-corrected chi connectivity index (χ3v) is 3.95. The average Bonchev–Trinajstić information content (AvgIpc) is 2.58. The second kappa shape index (κ2) is 8.45. The third-order valence-electron chi connectivity index (χ3n) is 3.95. The number of nitrogens with two attached hydrogens (primary N) is 1. The molecule has 0 bridgehead atoms. The highest BCUT2D eigenvalue weighted by molar-refractivity contribution is 5.66. The van der Waals surface area contributed by atoms with Gasteiger partial charge in [-0.2, -0.15) is 0 Å². The van der Waals surface area contributed by atoms with Crippen molar-refractivity contribution in [3.8, 4) is 22.8 Å². The summed E-state index contributed by atoms with van der Waals surface area (Å²) in [5.74, 6) is 0.978. The third kappa shape index (κ3) is 5.39. The van der Waals surface area contributed by atoms with Gasteiger partial charge in [0.05, 0.1) is 12.7 Å². The quantitative estimate of drug-likeness (QED) is 0.728. The minimum atomic E-state index is -2.65. The van der Waals surface area contributed by atoms with Crippen LogP contribution in [0.25, 0.3) is 11.1 Å². The largest absolute Gasteiger partial charge is 0.491 e. The van der Waals surface area contributed by atoms with E-state index in [0.717, 1.165) is 12.0 Å². The zero-order valence-corrected chi connectivity index (χ0v) is 15.6. The van der Waals surface area contributed by atoms with Gasteiger partial charge in [-0.25, -0.2) is 13.8 Å². The van der Waals surface area contributed by atoms with Crippen LogP contribution in [0.5, 0.6) is 11.6 Å². The van der Waals surface area contributed by atoms with E-state index >= 15 is 0 Å². The first-order valence-electron chi connectivity index (χ1n) is 8.56. The van der Waals surface area contributed by atoms with E-state index in [4.69, 9.17) is 15.2 Å². The van der Waals surface area contributed by atoms with E-state index in [9.17, 15) is 8.78 Å². The van der Waals surface area contributed by atoms with Gasteiger partial charge in [0.25, 0.3) is 6.43 Å². The zero-order chi connectivity index (χ0) is 19.3. The van der Waals surface area contributed by atoms with Crippen molar-refractivity contribution in [1.82, 2.24) is 4.98 Å². The van der Waals surface area contributed by atoms with Gasteiger partial charge in [-0.1, -0.05) is 19.9 Å². The molecule has 0 aliphatic carbocycles. The molecule has 0 amide bonds. The van der Waals surface area contributed by atoms with Crippen LogP contribution in [0.2, 0.25) is 0 Å². The van der Waals surface area contributed by atoms with Crippen molar-refractivity contribution in [3.63, 3.8) is 0 Å². The first-order chi connectivity index (χ1) is 12.2. The SMILES string of the molecule is COc1cc(-c2ccc(OC[C@@](C)(N)CC(C)C)c(C(F)F)c2)ccn1. The molecule has 0 saturated carbocycles. The minimum absolute atomic E-state index is 0.154. The van der Waals surface area contributed by atoms with Gasteiger partial charge in [0, 0.05) is 17.8 Å². The molecule has 1 atom stereocenters. The topological polar surface area (TPSA) is 57.4 Å². The van der Waals surface area contributed by atoms with Crippen molar-refractivity contribution in [2.45, 2.75) is 39.2 Å². The lowest BCUT2D eigenvalue weighted by molar-refractivity contribution is 0.140. The molecule has 1 aromatic carbocycles. The number of nitrogens with zero attached hydrogens (tertiary/aromatic N) is 1. The molecule has 0 fully saturated rings. The van der Waals surface area contributed by atoms with Gasteiger partial charge < -0.3 is 15.2 Å². The fraction of sp³-hybridized carbons (Fsp3) is 0.450. The predicted octanol–water partition coefficient (Wildman–Crippen LogP) is 4.84. The van der Waals surface area contributed by atoms with Gasteiger partial charge in [0.2, 0.25) is 5.88 Å². The molecule has 2 aromatic rings. The van der Waals surface area contributed by atoms with Gasteiger partial charge >= 0.3 is 0 Å². The molecule has 26 heavy (non-hydrogen) atoms. The number of halogens is 2. The Balaban J connectivity index is 2.26. The lowest BCUT2D eigenvalue weighted by Crippen LogP contribution is -2.43. The van der Waals surface area contributed by atoms with E-state index in [0.29, 0.717) is 17.4 Å². The van der Waals surface area contributed by atoms with E-state index in [2.05, 4.69) is 18.8 Å². The van der Waals surface area contributed by atoms with E-state index in [1.807, 2.05) is 6.92 Å². The maximum Gasteiger partial charge on any atom is 0.267 e. The van der Waals surface area contributed by atoms with Gasteiger partial charge in [-0.05, 0) is 48.6 Å². The molecule has 6 heteroatoms. The molecule has 142 valence electrons. The van der Waals surface area contributed by atoms with Crippen LogP contribution in [0.3, 0.4) is 0 Å². The molecule has 0 saturated heterocycles. The van der Waals surface area contributed by atoms with Gasteiger partial charge in [-0.3, -0.25) is 0 Å².